The quantitative estimate of drug-likeness (QED) is 0.159. The van der Waals surface area contributed by atoms with E-state index in [0.717, 1.165) is 18.4 Å². The molecule has 1 amide bonds. The lowest BCUT2D eigenvalue weighted by atomic mass is 10.0. The van der Waals surface area contributed by atoms with Gasteiger partial charge in [0.15, 0.2) is 0 Å². The summed E-state index contributed by atoms with van der Waals surface area (Å²) < 4.78 is 55.9. The number of nitrogens with one attached hydrogen (secondary N) is 2. The summed E-state index contributed by atoms with van der Waals surface area (Å²) in [5, 5.41) is 4.19. The Balaban J connectivity index is 1.25. The molecule has 2 N–H and O–H groups in total. The van der Waals surface area contributed by atoms with Gasteiger partial charge in [-0.15, -0.1) is 0 Å². The molecule has 11 nitrogen and oxygen atoms in total. The van der Waals surface area contributed by atoms with Crippen molar-refractivity contribution in [1.82, 2.24) is 19.9 Å². The fraction of sp³-hybridized carbons (Fsp3) is 0.297. The molecular weight excluding hydrogens is 660 g/mol. The highest BCUT2D eigenvalue weighted by atomic mass is 32.2. The van der Waals surface area contributed by atoms with Gasteiger partial charge in [0.25, 0.3) is 0 Å². The predicted molar refractivity (Wildman–Crippen MR) is 191 cm³/mol. The molecule has 0 spiro atoms. The molecule has 0 radical (unpaired) electrons. The van der Waals surface area contributed by atoms with Crippen molar-refractivity contribution in [3.63, 3.8) is 0 Å². The largest absolute Gasteiger partial charge is 0.444 e. The number of halogens is 1. The highest BCUT2D eigenvalue weighted by molar-refractivity contribution is 7.91. The van der Waals surface area contributed by atoms with Crippen molar-refractivity contribution in [1.29, 1.82) is 0 Å². The number of sulfonamides is 1. The topological polar surface area (TPSA) is 136 Å². The van der Waals surface area contributed by atoms with Gasteiger partial charge in [-0.2, -0.15) is 0 Å². The van der Waals surface area contributed by atoms with E-state index in [1.165, 1.54) is 6.07 Å². The molecule has 3 heterocycles. The Bertz CT molecular complexity index is 2130. The average molecular weight is 699 g/mol. The van der Waals surface area contributed by atoms with Crippen molar-refractivity contribution in [2.75, 3.05) is 23.1 Å². The summed E-state index contributed by atoms with van der Waals surface area (Å²) in [5.41, 5.74) is 1.69. The summed E-state index contributed by atoms with van der Waals surface area (Å²) >= 11 is 0. The van der Waals surface area contributed by atoms with Gasteiger partial charge in [-0.3, -0.25) is 4.72 Å². The SMILES string of the molecule is Cc1ccc2c(NS(=O)(=O)Cc3ccccc3)c(F)ccc2c1Oc1ncccc1-c1ccnc(N[C@H]2CCCN(C(=O)OC(C)(C)C)C2)n1. The van der Waals surface area contributed by atoms with Crippen LogP contribution >= 0.6 is 0 Å². The zero-order valence-electron chi connectivity index (χ0n) is 28.3. The molecule has 1 aliphatic heterocycles. The Labute approximate surface area is 290 Å². The van der Waals surface area contributed by atoms with E-state index >= 15 is 4.39 Å². The van der Waals surface area contributed by atoms with Crippen LogP contribution in [0.1, 0.15) is 44.7 Å². The van der Waals surface area contributed by atoms with Gasteiger partial charge < -0.3 is 19.7 Å². The fourth-order valence-corrected chi connectivity index (χ4v) is 7.02. The standard InChI is InChI=1S/C37H39FN6O5S/c1-24-14-15-27-28(16-17-30(38)32(27)43-50(46,47)23-25-10-6-5-7-11-25)33(24)48-34-29(13-8-19-39-34)31-18-20-40-35(42-31)41-26-12-9-21-44(22-26)36(45)49-37(2,3)4/h5-8,10-11,13-20,26,43H,9,12,21-23H2,1-4H3,(H,40,41,42)/t26-/m0/s1. The van der Waals surface area contributed by atoms with E-state index in [0.29, 0.717) is 52.4 Å². The van der Waals surface area contributed by atoms with Crippen molar-refractivity contribution >= 4 is 38.5 Å². The molecule has 3 aromatic carbocycles. The number of benzene rings is 3. The number of rotatable bonds is 9. The summed E-state index contributed by atoms with van der Waals surface area (Å²) in [6, 6.07) is 20.1. The molecule has 2 aromatic heterocycles. The summed E-state index contributed by atoms with van der Waals surface area (Å²) in [7, 11) is -3.94. The molecule has 1 fully saturated rings. The maximum absolute atomic E-state index is 15.2. The van der Waals surface area contributed by atoms with Crippen LogP contribution in [0, 0.1) is 12.7 Å². The Kier molecular flexibility index (Phi) is 9.87. The molecule has 0 aliphatic carbocycles. The second-order valence-electron chi connectivity index (χ2n) is 13.2. The number of hydrogen-bond donors (Lipinski definition) is 2. The lowest BCUT2D eigenvalue weighted by Crippen LogP contribution is -2.47. The van der Waals surface area contributed by atoms with E-state index in [1.807, 2.05) is 33.8 Å². The van der Waals surface area contributed by atoms with Crippen LogP contribution in [0.2, 0.25) is 0 Å². The minimum atomic E-state index is -3.94. The smallest absolute Gasteiger partial charge is 0.410 e. The highest BCUT2D eigenvalue weighted by Gasteiger charge is 2.28. The second kappa shape index (κ2) is 14.3. The summed E-state index contributed by atoms with van der Waals surface area (Å²) in [6.45, 7) is 8.45. The van der Waals surface area contributed by atoms with Crippen LogP contribution in [0.4, 0.5) is 20.8 Å². The van der Waals surface area contributed by atoms with E-state index in [9.17, 15) is 13.2 Å². The number of amides is 1. The minimum Gasteiger partial charge on any atom is -0.444 e. The molecule has 1 saturated heterocycles. The van der Waals surface area contributed by atoms with Crippen LogP contribution < -0.4 is 14.8 Å². The molecule has 0 bridgehead atoms. The van der Waals surface area contributed by atoms with Crippen molar-refractivity contribution in [3.05, 3.63) is 102 Å². The van der Waals surface area contributed by atoms with Gasteiger partial charge in [-0.1, -0.05) is 42.5 Å². The number of carbonyl (C=O) groups is 1. The Morgan fingerprint density at radius 1 is 0.980 bits per heavy atom. The summed E-state index contributed by atoms with van der Waals surface area (Å²) in [5.74, 6) is 0.00225. The molecular formula is C37H39FN6O5S. The third kappa shape index (κ3) is 8.28. The first-order chi connectivity index (χ1) is 23.8. The Morgan fingerprint density at radius 2 is 1.76 bits per heavy atom. The normalized spacial score (nSPS) is 15.1. The lowest BCUT2D eigenvalue weighted by Gasteiger charge is -2.34. The van der Waals surface area contributed by atoms with Crippen LogP contribution in [-0.4, -0.2) is 59.1 Å². The third-order valence-corrected chi connectivity index (χ3v) is 9.29. The maximum atomic E-state index is 15.2. The minimum absolute atomic E-state index is 0.0748. The van der Waals surface area contributed by atoms with Crippen LogP contribution in [-0.2, 0) is 20.5 Å². The van der Waals surface area contributed by atoms with E-state index in [1.54, 1.807) is 78.0 Å². The molecule has 0 unspecified atom stereocenters. The number of anilines is 2. The van der Waals surface area contributed by atoms with Crippen molar-refractivity contribution in [3.8, 4) is 22.9 Å². The number of fused-ring (bicyclic) bond motifs is 1. The number of aryl methyl sites for hydroxylation is 1. The van der Waals surface area contributed by atoms with Crippen LogP contribution in [0.15, 0.2) is 85.2 Å². The predicted octanol–water partition coefficient (Wildman–Crippen LogP) is 7.68. The number of nitrogens with zero attached hydrogens (tertiary/aromatic N) is 4. The number of ether oxygens (including phenoxy) is 2. The first-order valence-electron chi connectivity index (χ1n) is 16.3. The maximum Gasteiger partial charge on any atom is 0.410 e. The number of hydrogen-bond acceptors (Lipinski definition) is 9. The zero-order chi connectivity index (χ0) is 35.5. The first kappa shape index (κ1) is 34.6. The van der Waals surface area contributed by atoms with Gasteiger partial charge in [0.05, 0.1) is 22.7 Å². The molecule has 1 aliphatic rings. The van der Waals surface area contributed by atoms with E-state index in [4.69, 9.17) is 14.5 Å². The molecule has 50 heavy (non-hydrogen) atoms. The third-order valence-electron chi connectivity index (χ3n) is 8.06. The second-order valence-corrected chi connectivity index (χ2v) is 14.9. The van der Waals surface area contributed by atoms with Gasteiger partial charge >= 0.3 is 6.09 Å². The monoisotopic (exact) mass is 698 g/mol. The first-order valence-corrected chi connectivity index (χ1v) is 18.0. The fourth-order valence-electron chi connectivity index (χ4n) is 5.80. The van der Waals surface area contributed by atoms with E-state index in [2.05, 4.69) is 20.0 Å². The number of likely N-dealkylation sites (tertiary alicyclic amines) is 1. The summed E-state index contributed by atoms with van der Waals surface area (Å²) in [6.07, 6.45) is 4.52. The van der Waals surface area contributed by atoms with Crippen LogP contribution in [0.3, 0.4) is 0 Å². The van der Waals surface area contributed by atoms with Gasteiger partial charge in [0.2, 0.25) is 21.9 Å². The number of carbonyl (C=O) groups excluding carboxylic acids is 1. The molecule has 13 heteroatoms. The molecule has 6 rings (SSSR count). The van der Waals surface area contributed by atoms with Crippen molar-refractivity contribution < 1.29 is 27.1 Å². The van der Waals surface area contributed by atoms with Gasteiger partial charge in [-0.25, -0.2) is 32.6 Å². The lowest BCUT2D eigenvalue weighted by molar-refractivity contribution is 0.0206. The van der Waals surface area contributed by atoms with Crippen LogP contribution in [0.5, 0.6) is 11.6 Å². The molecule has 5 aromatic rings. The van der Waals surface area contributed by atoms with Crippen molar-refractivity contribution in [2.24, 2.45) is 0 Å². The van der Waals surface area contributed by atoms with E-state index < -0.39 is 21.4 Å². The van der Waals surface area contributed by atoms with Gasteiger partial charge in [0, 0.05) is 42.3 Å². The van der Waals surface area contributed by atoms with Crippen LogP contribution in [0.25, 0.3) is 22.0 Å². The zero-order valence-corrected chi connectivity index (χ0v) is 29.1. The number of pyridine rings is 1. The number of piperidine rings is 1. The summed E-state index contributed by atoms with van der Waals surface area (Å²) in [4.78, 5) is 28.1. The highest BCUT2D eigenvalue weighted by Crippen LogP contribution is 2.40. The van der Waals surface area contributed by atoms with Crippen molar-refractivity contribution in [2.45, 2.75) is 57.9 Å². The Morgan fingerprint density at radius 3 is 2.54 bits per heavy atom. The molecule has 1 atom stereocenters. The van der Waals surface area contributed by atoms with Gasteiger partial charge in [0.1, 0.15) is 17.2 Å². The Hall–Kier alpha value is -5.30. The molecule has 260 valence electrons. The average Bonchev–Trinajstić information content (AvgIpc) is 3.07. The van der Waals surface area contributed by atoms with Gasteiger partial charge in [-0.05, 0) is 82.0 Å². The number of aromatic nitrogens is 3. The van der Waals surface area contributed by atoms with E-state index in [-0.39, 0.29) is 29.5 Å². The molecule has 0 saturated carbocycles.